The zero-order valence-electron chi connectivity index (χ0n) is 5.26. The molecule has 0 fully saturated rings. The number of hydrogen-bond acceptors (Lipinski definition) is 2. The molecular formula is C5H11IN2. The highest BCUT2D eigenvalue weighted by Gasteiger charge is 1.68. The maximum Gasteiger partial charge on any atom is 0.0716 e. The van der Waals surface area contributed by atoms with Crippen LogP contribution in [0.3, 0.4) is 0 Å². The van der Waals surface area contributed by atoms with Crippen molar-refractivity contribution in [2.45, 2.75) is 13.3 Å². The predicted molar refractivity (Wildman–Crippen MR) is 46.0 cm³/mol. The fourth-order valence-electron chi connectivity index (χ4n) is 0.252. The second-order valence-corrected chi connectivity index (χ2v) is 3.35. The van der Waals surface area contributed by atoms with Crippen LogP contribution in [0.1, 0.15) is 13.3 Å². The van der Waals surface area contributed by atoms with E-state index in [9.17, 15) is 0 Å². The minimum atomic E-state index is -0.0512. The van der Waals surface area contributed by atoms with E-state index >= 15 is 0 Å². The summed E-state index contributed by atoms with van der Waals surface area (Å²) in [4.78, 5) is 4.11. The van der Waals surface area contributed by atoms with Gasteiger partial charge in [-0.05, 0) is 6.42 Å². The summed E-state index contributed by atoms with van der Waals surface area (Å²) in [5.41, 5.74) is 0. The molecule has 0 rings (SSSR count). The van der Waals surface area contributed by atoms with Gasteiger partial charge in [-0.1, -0.05) is 6.92 Å². The molecule has 0 atom stereocenters. The van der Waals surface area contributed by atoms with E-state index in [2.05, 4.69) is 15.1 Å². The van der Waals surface area contributed by atoms with Gasteiger partial charge in [0.25, 0.3) is 0 Å². The van der Waals surface area contributed by atoms with E-state index in [-0.39, 0.29) is 21.0 Å². The minimum absolute atomic E-state index is 0.0512. The summed E-state index contributed by atoms with van der Waals surface area (Å²) in [5, 5.41) is 0. The van der Waals surface area contributed by atoms with E-state index in [4.69, 9.17) is 0 Å². The molecule has 0 aromatic heterocycles. The van der Waals surface area contributed by atoms with Crippen LogP contribution in [-0.4, -0.2) is 17.8 Å². The molecule has 0 N–H and O–H groups in total. The Kier molecular flexibility index (Phi) is 7.38. The second kappa shape index (κ2) is 7.20. The van der Waals surface area contributed by atoms with Gasteiger partial charge in [-0.25, -0.2) is 0 Å². The second-order valence-electron chi connectivity index (χ2n) is 1.27. The third kappa shape index (κ3) is 6.20. The van der Waals surface area contributed by atoms with Crippen LogP contribution in [0.15, 0.2) is 8.14 Å². The van der Waals surface area contributed by atoms with Crippen molar-refractivity contribution in [3.8, 4) is 0 Å². The van der Waals surface area contributed by atoms with Crippen molar-refractivity contribution in [1.82, 2.24) is 0 Å². The lowest BCUT2D eigenvalue weighted by molar-refractivity contribution is 0.939. The lowest BCUT2D eigenvalue weighted by Gasteiger charge is -1.78. The molecule has 0 aromatic rings. The van der Waals surface area contributed by atoms with Crippen LogP contribution >= 0.6 is 21.0 Å². The van der Waals surface area contributed by atoms with E-state index in [1.54, 1.807) is 0 Å². The number of rotatable bonds is 3. The van der Waals surface area contributed by atoms with Crippen molar-refractivity contribution < 1.29 is 0 Å². The van der Waals surface area contributed by atoms with E-state index in [0.717, 1.165) is 13.0 Å². The Morgan fingerprint density at radius 2 is 2.38 bits per heavy atom. The van der Waals surface area contributed by atoms with Crippen molar-refractivity contribution in [2.75, 3.05) is 13.6 Å². The van der Waals surface area contributed by atoms with E-state index < -0.39 is 0 Å². The molecule has 0 aliphatic rings. The van der Waals surface area contributed by atoms with Gasteiger partial charge >= 0.3 is 0 Å². The highest BCUT2D eigenvalue weighted by Crippen LogP contribution is 1.90. The van der Waals surface area contributed by atoms with Crippen LogP contribution in [0, 0.1) is 0 Å². The first kappa shape index (κ1) is 8.20. The Morgan fingerprint density at radius 3 is 2.88 bits per heavy atom. The summed E-state index contributed by atoms with van der Waals surface area (Å²) in [6.45, 7) is 3.09. The van der Waals surface area contributed by atoms with E-state index in [0.29, 0.717) is 0 Å². The lowest BCUT2D eigenvalue weighted by atomic mass is 10.5. The monoisotopic (exact) mass is 226 g/mol. The summed E-state index contributed by atoms with van der Waals surface area (Å²) in [7, 11) is 1.84. The van der Waals surface area contributed by atoms with Crippen LogP contribution in [0.5, 0.6) is 0 Å². The highest BCUT2D eigenvalue weighted by atomic mass is 127. The quantitative estimate of drug-likeness (QED) is 0.520. The van der Waals surface area contributed by atoms with Crippen LogP contribution < -0.4 is 0 Å². The standard InChI is InChI=1S/C5H11IN2/c1-3-4-8-5-6-7-2/h5H,3-4H2,1-2H3. The fraction of sp³-hybridized carbons (Fsp3) is 0.800. The number of halogens is 1. The Labute approximate surface area is 60.6 Å². The van der Waals surface area contributed by atoms with Crippen LogP contribution in [0.2, 0.25) is 0 Å². The molecule has 3 heteroatoms. The van der Waals surface area contributed by atoms with Gasteiger partial charge in [0, 0.05) is 34.6 Å². The van der Waals surface area contributed by atoms with Gasteiger partial charge < -0.3 is 0 Å². The normalized spacial score (nSPS) is 12.8. The van der Waals surface area contributed by atoms with Crippen molar-refractivity contribution in [3.05, 3.63) is 0 Å². The van der Waals surface area contributed by atoms with Gasteiger partial charge in [0.2, 0.25) is 0 Å². The first-order valence-electron chi connectivity index (χ1n) is 2.62. The van der Waals surface area contributed by atoms with Crippen LogP contribution in [-0.2, 0) is 0 Å². The third-order valence-corrected chi connectivity index (χ3v) is 1.76. The Hall–Kier alpha value is 0.200. The molecule has 0 saturated carbocycles. The Balaban J connectivity index is 3.07. The molecule has 0 bridgehead atoms. The van der Waals surface area contributed by atoms with Gasteiger partial charge in [-0.3, -0.25) is 8.14 Å². The molecule has 0 spiro atoms. The van der Waals surface area contributed by atoms with Crippen LogP contribution in [0.4, 0.5) is 0 Å². The maximum absolute atomic E-state index is 4.11. The smallest absolute Gasteiger partial charge is 0.0716 e. The maximum atomic E-state index is 4.11. The topological polar surface area (TPSA) is 24.7 Å². The van der Waals surface area contributed by atoms with Gasteiger partial charge in [-0.15, -0.1) is 0 Å². The molecule has 0 unspecified atom stereocenters. The van der Waals surface area contributed by atoms with Crippen molar-refractivity contribution in [2.24, 2.45) is 8.14 Å². The summed E-state index contributed by atoms with van der Waals surface area (Å²) in [6, 6.07) is 0. The number of hydrogen-bond donors (Lipinski definition) is 0. The predicted octanol–water partition coefficient (Wildman–Crippen LogP) is 2.21. The molecular weight excluding hydrogens is 215 g/mol. The Morgan fingerprint density at radius 1 is 1.62 bits per heavy atom. The van der Waals surface area contributed by atoms with Crippen molar-refractivity contribution in [1.29, 1.82) is 0 Å². The van der Waals surface area contributed by atoms with E-state index in [1.807, 2.05) is 11.3 Å². The number of nitrogens with zero attached hydrogens (tertiary/aromatic N) is 2. The zero-order valence-corrected chi connectivity index (χ0v) is 7.42. The molecule has 0 aromatic carbocycles. The van der Waals surface area contributed by atoms with Crippen molar-refractivity contribution in [3.63, 3.8) is 0 Å². The first-order valence-corrected chi connectivity index (χ1v) is 4.83. The average molecular weight is 226 g/mol. The van der Waals surface area contributed by atoms with Gasteiger partial charge in [0.1, 0.15) is 0 Å². The lowest BCUT2D eigenvalue weighted by Crippen LogP contribution is -1.70. The average Bonchev–Trinajstić information content (AvgIpc) is 1.81. The van der Waals surface area contributed by atoms with Crippen molar-refractivity contribution >= 4 is 25.3 Å². The first-order chi connectivity index (χ1) is 3.91. The molecule has 48 valence electrons. The molecule has 0 aliphatic heterocycles. The molecule has 2 nitrogen and oxygen atoms in total. The molecule has 0 amide bonds. The zero-order chi connectivity index (χ0) is 6.24. The number of aliphatic imine (C=N–C) groups is 1. The third-order valence-electron chi connectivity index (χ3n) is 0.563. The van der Waals surface area contributed by atoms with E-state index in [1.165, 1.54) is 0 Å². The summed E-state index contributed by atoms with van der Waals surface area (Å²) >= 11 is -0.0512. The van der Waals surface area contributed by atoms with Crippen LogP contribution in [0.25, 0.3) is 0 Å². The summed E-state index contributed by atoms with van der Waals surface area (Å²) in [6.07, 6.45) is 1.14. The SMILES string of the molecule is CCCN=CI=NC. The van der Waals surface area contributed by atoms with Gasteiger partial charge in [0.15, 0.2) is 0 Å². The fourth-order valence-corrected chi connectivity index (χ4v) is 0.956. The Bertz CT molecular complexity index is 88.4. The minimum Gasteiger partial charge on any atom is -0.286 e. The summed E-state index contributed by atoms with van der Waals surface area (Å²) < 4.78 is 5.93. The summed E-state index contributed by atoms with van der Waals surface area (Å²) in [5.74, 6) is 0. The largest absolute Gasteiger partial charge is 0.286 e. The van der Waals surface area contributed by atoms with Gasteiger partial charge in [0.05, 0.1) is 4.22 Å². The molecule has 0 radical (unpaired) electrons. The molecule has 0 saturated heterocycles. The molecule has 0 heterocycles. The molecule has 0 aliphatic carbocycles. The molecule has 8 heavy (non-hydrogen) atoms. The van der Waals surface area contributed by atoms with Gasteiger partial charge in [-0.2, -0.15) is 0 Å². The highest BCUT2D eigenvalue weighted by molar-refractivity contribution is 14.2.